The number of carbonyl (C=O) groups excluding carboxylic acids is 2. The lowest BCUT2D eigenvalue weighted by Gasteiger charge is -2.19. The molecule has 1 N–H and O–H groups in total. The van der Waals surface area contributed by atoms with Gasteiger partial charge in [-0.25, -0.2) is 8.42 Å². The minimum Gasteiger partial charge on any atom is -0.375 e. The van der Waals surface area contributed by atoms with Crippen LogP contribution >= 0.6 is 0 Å². The van der Waals surface area contributed by atoms with Crippen LogP contribution in [0.2, 0.25) is 0 Å². The average Bonchev–Trinajstić information content (AvgIpc) is 2.71. The fourth-order valence-corrected chi connectivity index (χ4v) is 3.92. The predicted molar refractivity (Wildman–Crippen MR) is 114 cm³/mol. The number of nitrogens with zero attached hydrogens (tertiary/aromatic N) is 2. The van der Waals surface area contributed by atoms with E-state index in [1.165, 1.54) is 43.3 Å². The fraction of sp³-hybridized carbons (Fsp3) is 0.333. The molecule has 0 aliphatic heterocycles. The van der Waals surface area contributed by atoms with E-state index in [0.717, 1.165) is 18.7 Å². The molecule has 2 aromatic carbocycles. The number of carbonyl (C=O) groups is 2. The summed E-state index contributed by atoms with van der Waals surface area (Å²) in [5, 5.41) is 2.84. The monoisotopic (exact) mass is 417 g/mol. The van der Waals surface area contributed by atoms with Gasteiger partial charge in [0.2, 0.25) is 5.91 Å². The van der Waals surface area contributed by atoms with Crippen LogP contribution in [0, 0.1) is 0 Å². The van der Waals surface area contributed by atoms with Crippen molar-refractivity contribution in [2.45, 2.75) is 11.3 Å². The smallest absolute Gasteiger partial charge is 0.251 e. The van der Waals surface area contributed by atoms with Gasteiger partial charge in [-0.2, -0.15) is 0 Å². The first-order valence-electron chi connectivity index (χ1n) is 9.28. The fourth-order valence-electron chi connectivity index (χ4n) is 2.62. The Hall–Kier alpha value is -2.87. The maximum absolute atomic E-state index is 12.3. The van der Waals surface area contributed by atoms with Crippen LogP contribution in [0.3, 0.4) is 0 Å². The molecule has 0 atom stereocenters. The quantitative estimate of drug-likeness (QED) is 0.629. The highest BCUT2D eigenvalue weighted by atomic mass is 32.2. The molecule has 0 heterocycles. The van der Waals surface area contributed by atoms with E-state index in [-0.39, 0.29) is 10.8 Å². The van der Waals surface area contributed by atoms with Crippen molar-refractivity contribution < 1.29 is 18.0 Å². The first-order chi connectivity index (χ1) is 13.7. The van der Waals surface area contributed by atoms with Gasteiger partial charge in [0.15, 0.2) is 9.84 Å². The zero-order chi connectivity index (χ0) is 21.4. The number of hydrogen-bond acceptors (Lipinski definition) is 5. The summed E-state index contributed by atoms with van der Waals surface area (Å²) < 4.78 is 24.5. The molecule has 29 heavy (non-hydrogen) atoms. The maximum atomic E-state index is 12.3. The summed E-state index contributed by atoms with van der Waals surface area (Å²) >= 11 is 0. The van der Waals surface area contributed by atoms with E-state index in [2.05, 4.69) is 10.2 Å². The summed E-state index contributed by atoms with van der Waals surface area (Å²) in [6.45, 7) is 1.30. The molecule has 0 aromatic heterocycles. The molecule has 156 valence electrons. The van der Waals surface area contributed by atoms with Crippen LogP contribution in [-0.2, 0) is 14.6 Å². The minimum atomic E-state index is -3.73. The van der Waals surface area contributed by atoms with Gasteiger partial charge in [0.25, 0.3) is 5.91 Å². The van der Waals surface area contributed by atoms with Crippen molar-refractivity contribution in [2.24, 2.45) is 0 Å². The number of anilines is 1. The first-order valence-corrected chi connectivity index (χ1v) is 10.9. The van der Waals surface area contributed by atoms with E-state index < -0.39 is 21.5 Å². The number of rotatable bonds is 9. The number of para-hydroxylation sites is 1. The summed E-state index contributed by atoms with van der Waals surface area (Å²) in [6.07, 6.45) is 0.774. The van der Waals surface area contributed by atoms with Crippen LogP contribution in [-0.4, -0.2) is 65.1 Å². The van der Waals surface area contributed by atoms with Crippen LogP contribution in [0.1, 0.15) is 16.8 Å². The molecule has 0 unspecified atom stereocenters. The summed E-state index contributed by atoms with van der Waals surface area (Å²) in [7, 11) is 1.27. The van der Waals surface area contributed by atoms with E-state index in [4.69, 9.17) is 0 Å². The Morgan fingerprint density at radius 2 is 1.55 bits per heavy atom. The van der Waals surface area contributed by atoms with Crippen molar-refractivity contribution in [3.63, 3.8) is 0 Å². The third kappa shape index (κ3) is 6.60. The summed E-state index contributed by atoms with van der Waals surface area (Å²) in [6, 6.07) is 15.6. The first kappa shape index (κ1) is 22.4. The van der Waals surface area contributed by atoms with Gasteiger partial charge in [-0.1, -0.05) is 18.2 Å². The standard InChI is InChI=1S/C21H27N3O4S/c1-23(2)20(25)16-29(27,28)19-12-10-17(11-13-19)21(26)22-14-7-15-24(3)18-8-5-4-6-9-18/h4-6,8-13H,7,14-16H2,1-3H3,(H,22,26). The zero-order valence-corrected chi connectivity index (χ0v) is 17.8. The lowest BCUT2D eigenvalue weighted by atomic mass is 10.2. The summed E-state index contributed by atoms with van der Waals surface area (Å²) in [5.74, 6) is -1.35. The highest BCUT2D eigenvalue weighted by molar-refractivity contribution is 7.92. The Kier molecular flexibility index (Phi) is 7.78. The number of hydrogen-bond donors (Lipinski definition) is 1. The van der Waals surface area contributed by atoms with E-state index >= 15 is 0 Å². The molecular weight excluding hydrogens is 390 g/mol. The van der Waals surface area contributed by atoms with E-state index in [0.29, 0.717) is 12.1 Å². The van der Waals surface area contributed by atoms with E-state index in [1.54, 1.807) is 0 Å². The minimum absolute atomic E-state index is 0.0220. The van der Waals surface area contributed by atoms with Crippen LogP contribution in [0.15, 0.2) is 59.5 Å². The van der Waals surface area contributed by atoms with Crippen molar-refractivity contribution in [1.82, 2.24) is 10.2 Å². The van der Waals surface area contributed by atoms with Gasteiger partial charge in [-0.15, -0.1) is 0 Å². The molecule has 7 nitrogen and oxygen atoms in total. The van der Waals surface area contributed by atoms with Crippen molar-refractivity contribution >= 4 is 27.3 Å². The second-order valence-electron chi connectivity index (χ2n) is 6.94. The molecule has 0 radical (unpaired) electrons. The topological polar surface area (TPSA) is 86.8 Å². The van der Waals surface area contributed by atoms with Gasteiger partial charge in [0.1, 0.15) is 5.75 Å². The Morgan fingerprint density at radius 3 is 2.14 bits per heavy atom. The molecule has 0 aliphatic carbocycles. The van der Waals surface area contributed by atoms with Gasteiger partial charge >= 0.3 is 0 Å². The van der Waals surface area contributed by atoms with Crippen molar-refractivity contribution in [3.05, 3.63) is 60.2 Å². The lowest BCUT2D eigenvalue weighted by molar-refractivity contribution is -0.125. The van der Waals surface area contributed by atoms with Gasteiger partial charge in [-0.05, 0) is 42.8 Å². The van der Waals surface area contributed by atoms with Gasteiger partial charge < -0.3 is 15.1 Å². The molecule has 0 saturated heterocycles. The lowest BCUT2D eigenvalue weighted by Crippen LogP contribution is -2.29. The Balaban J connectivity index is 1.85. The Bertz CT molecular complexity index is 926. The normalized spacial score (nSPS) is 11.0. The second-order valence-corrected chi connectivity index (χ2v) is 8.93. The Morgan fingerprint density at radius 1 is 0.931 bits per heavy atom. The maximum Gasteiger partial charge on any atom is 0.251 e. The van der Waals surface area contributed by atoms with Crippen molar-refractivity contribution in [2.75, 3.05) is 44.9 Å². The molecule has 0 spiro atoms. The van der Waals surface area contributed by atoms with Gasteiger partial charge in [-0.3, -0.25) is 9.59 Å². The summed E-state index contributed by atoms with van der Waals surface area (Å²) in [4.78, 5) is 27.3. The van der Waals surface area contributed by atoms with Gasteiger partial charge in [0.05, 0.1) is 4.90 Å². The second kappa shape index (κ2) is 10.1. The Labute approximate surface area is 172 Å². The van der Waals surface area contributed by atoms with Crippen LogP contribution in [0.5, 0.6) is 0 Å². The van der Waals surface area contributed by atoms with E-state index in [1.807, 2.05) is 37.4 Å². The molecule has 2 rings (SSSR count). The highest BCUT2D eigenvalue weighted by Crippen LogP contribution is 2.13. The number of amides is 2. The van der Waals surface area contributed by atoms with Crippen molar-refractivity contribution in [1.29, 1.82) is 0 Å². The molecule has 0 bridgehead atoms. The predicted octanol–water partition coefficient (Wildman–Crippen LogP) is 1.80. The third-order valence-electron chi connectivity index (χ3n) is 4.44. The molecule has 0 aliphatic rings. The summed E-state index contributed by atoms with van der Waals surface area (Å²) in [5.41, 5.74) is 1.49. The number of sulfone groups is 1. The van der Waals surface area contributed by atoms with Gasteiger partial charge in [0, 0.05) is 45.5 Å². The van der Waals surface area contributed by atoms with Crippen LogP contribution < -0.4 is 10.2 Å². The molecule has 0 saturated carbocycles. The average molecular weight is 418 g/mol. The van der Waals surface area contributed by atoms with Crippen LogP contribution in [0.4, 0.5) is 5.69 Å². The molecule has 0 fully saturated rings. The van der Waals surface area contributed by atoms with Crippen molar-refractivity contribution in [3.8, 4) is 0 Å². The molecule has 8 heteroatoms. The highest BCUT2D eigenvalue weighted by Gasteiger charge is 2.20. The number of nitrogens with one attached hydrogen (secondary N) is 1. The zero-order valence-electron chi connectivity index (χ0n) is 17.0. The largest absolute Gasteiger partial charge is 0.375 e. The molecule has 2 aromatic rings. The third-order valence-corrected chi connectivity index (χ3v) is 6.06. The molecule has 2 amide bonds. The van der Waals surface area contributed by atoms with Crippen LogP contribution in [0.25, 0.3) is 0 Å². The number of benzene rings is 2. The van der Waals surface area contributed by atoms with E-state index in [9.17, 15) is 18.0 Å². The molecular formula is C21H27N3O4S. The SMILES string of the molecule is CN(C)C(=O)CS(=O)(=O)c1ccc(C(=O)NCCCN(C)c2ccccc2)cc1.